The number of fused-ring (bicyclic) bond motifs is 1. The Balaban J connectivity index is 1.53. The van der Waals surface area contributed by atoms with Gasteiger partial charge in [-0.25, -0.2) is 9.97 Å². The van der Waals surface area contributed by atoms with Gasteiger partial charge >= 0.3 is 0 Å². The Kier molecular flexibility index (Phi) is 3.93. The summed E-state index contributed by atoms with van der Waals surface area (Å²) in [6.07, 6.45) is 5.70. The fourth-order valence-corrected chi connectivity index (χ4v) is 3.14. The van der Waals surface area contributed by atoms with E-state index in [1.165, 1.54) is 7.11 Å². The predicted octanol–water partition coefficient (Wildman–Crippen LogP) is 3.15. The second kappa shape index (κ2) is 6.39. The van der Waals surface area contributed by atoms with Gasteiger partial charge in [-0.1, -0.05) is 12.1 Å². The summed E-state index contributed by atoms with van der Waals surface area (Å²) in [7, 11) is 1.50. The first-order valence-corrected chi connectivity index (χ1v) is 8.21. The molecule has 1 aliphatic rings. The number of anilines is 1. The molecule has 3 aromatic rings. The third-order valence-electron chi connectivity index (χ3n) is 4.37. The molecule has 0 aliphatic carbocycles. The number of aromatic nitrogens is 3. The van der Waals surface area contributed by atoms with Crippen LogP contribution in [0.4, 0.5) is 5.69 Å². The van der Waals surface area contributed by atoms with Crippen LogP contribution in [-0.4, -0.2) is 27.6 Å². The van der Waals surface area contributed by atoms with Crippen LogP contribution < -0.4 is 10.1 Å². The van der Waals surface area contributed by atoms with E-state index in [0.717, 1.165) is 42.2 Å². The number of hydrogen-bond donors (Lipinski definition) is 1. The van der Waals surface area contributed by atoms with Gasteiger partial charge < -0.3 is 14.6 Å². The summed E-state index contributed by atoms with van der Waals surface area (Å²) >= 11 is 0. The summed E-state index contributed by atoms with van der Waals surface area (Å²) < 4.78 is 7.39. The second-order valence-electron chi connectivity index (χ2n) is 5.91. The van der Waals surface area contributed by atoms with Gasteiger partial charge in [-0.3, -0.25) is 4.79 Å². The topological polar surface area (TPSA) is 69.0 Å². The van der Waals surface area contributed by atoms with Crippen LogP contribution in [0.25, 0.3) is 11.3 Å². The van der Waals surface area contributed by atoms with Gasteiger partial charge in [-0.05, 0) is 36.2 Å². The zero-order valence-corrected chi connectivity index (χ0v) is 13.9. The number of carbonyl (C=O) groups is 1. The van der Waals surface area contributed by atoms with Crippen molar-refractivity contribution >= 4 is 11.6 Å². The van der Waals surface area contributed by atoms with E-state index in [0.29, 0.717) is 11.4 Å². The largest absolute Gasteiger partial charge is 0.480 e. The summed E-state index contributed by atoms with van der Waals surface area (Å²) in [5.41, 5.74) is 3.35. The first-order valence-electron chi connectivity index (χ1n) is 8.21. The molecule has 0 radical (unpaired) electrons. The Bertz CT molecular complexity index is 915. The molecule has 0 bridgehead atoms. The van der Waals surface area contributed by atoms with Crippen molar-refractivity contribution in [2.75, 3.05) is 12.4 Å². The lowest BCUT2D eigenvalue weighted by Gasteiger charge is -2.09. The van der Waals surface area contributed by atoms with Gasteiger partial charge in [0, 0.05) is 24.8 Å². The summed E-state index contributed by atoms with van der Waals surface area (Å²) in [5.74, 6) is 1.21. The second-order valence-corrected chi connectivity index (χ2v) is 5.91. The van der Waals surface area contributed by atoms with Crippen molar-refractivity contribution < 1.29 is 9.53 Å². The average molecular weight is 334 g/mol. The van der Waals surface area contributed by atoms with Crippen molar-refractivity contribution in [1.29, 1.82) is 0 Å². The highest BCUT2D eigenvalue weighted by molar-refractivity contribution is 6.05. The maximum atomic E-state index is 12.4. The predicted molar refractivity (Wildman–Crippen MR) is 94.7 cm³/mol. The molecule has 0 fully saturated rings. The van der Waals surface area contributed by atoms with Crippen molar-refractivity contribution in [3.8, 4) is 17.1 Å². The number of carbonyl (C=O) groups excluding carboxylic acids is 1. The Morgan fingerprint density at radius 2 is 2.04 bits per heavy atom. The number of hydrogen-bond acceptors (Lipinski definition) is 4. The highest BCUT2D eigenvalue weighted by Crippen LogP contribution is 2.27. The number of pyridine rings is 1. The summed E-state index contributed by atoms with van der Waals surface area (Å²) in [5, 5.41) is 2.88. The molecule has 6 nitrogen and oxygen atoms in total. The molecule has 0 atom stereocenters. The first kappa shape index (κ1) is 15.4. The number of ether oxygens (including phenoxy) is 1. The van der Waals surface area contributed by atoms with Gasteiger partial charge in [-0.15, -0.1) is 0 Å². The van der Waals surface area contributed by atoms with E-state index in [1.807, 2.05) is 30.5 Å². The fraction of sp³-hybridized carbons (Fsp3) is 0.211. The van der Waals surface area contributed by atoms with E-state index in [1.54, 1.807) is 18.3 Å². The van der Waals surface area contributed by atoms with Crippen molar-refractivity contribution in [3.05, 3.63) is 60.2 Å². The van der Waals surface area contributed by atoms with Crippen molar-refractivity contribution in [2.24, 2.45) is 0 Å². The van der Waals surface area contributed by atoms with Crippen LogP contribution in [0.5, 0.6) is 5.88 Å². The van der Waals surface area contributed by atoms with Crippen LogP contribution in [0, 0.1) is 0 Å². The average Bonchev–Trinajstić information content (AvgIpc) is 3.26. The molecule has 0 saturated heterocycles. The minimum Gasteiger partial charge on any atom is -0.480 e. The highest BCUT2D eigenvalue weighted by Gasteiger charge is 2.17. The molecule has 0 unspecified atom stereocenters. The molecule has 2 aromatic heterocycles. The van der Waals surface area contributed by atoms with E-state index < -0.39 is 0 Å². The molecule has 6 heteroatoms. The van der Waals surface area contributed by atoms with Crippen LogP contribution in [0.15, 0.2) is 48.8 Å². The van der Waals surface area contributed by atoms with E-state index >= 15 is 0 Å². The fourth-order valence-electron chi connectivity index (χ4n) is 3.14. The molecular weight excluding hydrogens is 316 g/mol. The molecule has 3 heterocycles. The third kappa shape index (κ3) is 2.87. The highest BCUT2D eigenvalue weighted by atomic mass is 16.5. The molecule has 4 rings (SSSR count). The number of benzene rings is 1. The van der Waals surface area contributed by atoms with E-state index in [9.17, 15) is 4.79 Å². The zero-order chi connectivity index (χ0) is 17.2. The quantitative estimate of drug-likeness (QED) is 0.796. The lowest BCUT2D eigenvalue weighted by atomic mass is 10.1. The number of amides is 1. The van der Waals surface area contributed by atoms with Gasteiger partial charge in [0.15, 0.2) is 0 Å². The van der Waals surface area contributed by atoms with Gasteiger partial charge in [0.2, 0.25) is 5.88 Å². The third-order valence-corrected chi connectivity index (χ3v) is 4.37. The Morgan fingerprint density at radius 1 is 1.20 bits per heavy atom. The number of nitrogens with one attached hydrogen (secondary N) is 1. The summed E-state index contributed by atoms with van der Waals surface area (Å²) in [4.78, 5) is 20.9. The molecule has 1 N–H and O–H groups in total. The normalized spacial score (nSPS) is 12.7. The lowest BCUT2D eigenvalue weighted by Crippen LogP contribution is -2.13. The minimum absolute atomic E-state index is 0.247. The van der Waals surface area contributed by atoms with Gasteiger partial charge in [0.05, 0.1) is 19.0 Å². The lowest BCUT2D eigenvalue weighted by molar-refractivity contribution is 0.102. The van der Waals surface area contributed by atoms with Crippen LogP contribution in [0.2, 0.25) is 0 Å². The standard InChI is InChI=1S/C19H18N4O2/c1-25-19-15(4-2-10-20-19)18(24)22-14-8-6-13(7-9-14)16-12-21-17-5-3-11-23(16)17/h2,4,6-10,12H,3,5,11H2,1H3,(H,22,24). The zero-order valence-electron chi connectivity index (χ0n) is 13.9. The number of methoxy groups -OCH3 is 1. The smallest absolute Gasteiger partial charge is 0.261 e. The van der Waals surface area contributed by atoms with E-state index in [2.05, 4.69) is 19.9 Å². The van der Waals surface area contributed by atoms with Gasteiger partial charge in [0.25, 0.3) is 5.91 Å². The molecule has 1 amide bonds. The maximum absolute atomic E-state index is 12.4. The van der Waals surface area contributed by atoms with Crippen LogP contribution in [0.3, 0.4) is 0 Å². The monoisotopic (exact) mass is 334 g/mol. The van der Waals surface area contributed by atoms with Crippen LogP contribution in [0.1, 0.15) is 22.6 Å². The van der Waals surface area contributed by atoms with Gasteiger partial charge in [0.1, 0.15) is 11.4 Å². The minimum atomic E-state index is -0.247. The van der Waals surface area contributed by atoms with Gasteiger partial charge in [-0.2, -0.15) is 0 Å². The molecule has 0 saturated carbocycles. The molecule has 0 spiro atoms. The van der Waals surface area contributed by atoms with Crippen LogP contribution >= 0.6 is 0 Å². The Morgan fingerprint density at radius 3 is 2.84 bits per heavy atom. The molecule has 1 aliphatic heterocycles. The Hall–Kier alpha value is -3.15. The van der Waals surface area contributed by atoms with E-state index in [-0.39, 0.29) is 5.91 Å². The molecular formula is C19H18N4O2. The number of imidazole rings is 1. The summed E-state index contributed by atoms with van der Waals surface area (Å²) in [6, 6.07) is 11.2. The van der Waals surface area contributed by atoms with Crippen LogP contribution in [-0.2, 0) is 13.0 Å². The summed E-state index contributed by atoms with van der Waals surface area (Å²) in [6.45, 7) is 1.02. The molecule has 1 aromatic carbocycles. The first-order chi connectivity index (χ1) is 12.3. The molecule has 126 valence electrons. The van der Waals surface area contributed by atoms with Crippen molar-refractivity contribution in [2.45, 2.75) is 19.4 Å². The number of nitrogens with zero attached hydrogens (tertiary/aromatic N) is 3. The van der Waals surface area contributed by atoms with Crippen molar-refractivity contribution in [3.63, 3.8) is 0 Å². The maximum Gasteiger partial charge on any atom is 0.261 e. The van der Waals surface area contributed by atoms with E-state index in [4.69, 9.17) is 4.74 Å². The van der Waals surface area contributed by atoms with Crippen molar-refractivity contribution in [1.82, 2.24) is 14.5 Å². The Labute approximate surface area is 145 Å². The SMILES string of the molecule is COc1ncccc1C(=O)Nc1ccc(-c2cnc3n2CCC3)cc1. The number of aryl methyl sites for hydroxylation is 1. The number of rotatable bonds is 4. The molecule has 25 heavy (non-hydrogen) atoms.